The zero-order valence-electron chi connectivity index (χ0n) is 14.1. The second-order valence-corrected chi connectivity index (χ2v) is 10.7. The molecule has 126 valence electrons. The Hall–Kier alpha value is -1.82. The summed E-state index contributed by atoms with van der Waals surface area (Å²) >= 11 is 0. The Bertz CT molecular complexity index is 571. The molecule has 0 unspecified atom stereocenters. The summed E-state index contributed by atoms with van der Waals surface area (Å²) in [6, 6.07) is 8.79. The van der Waals surface area contributed by atoms with Crippen LogP contribution in [0.1, 0.15) is 12.8 Å². The number of hydrogen-bond acceptors (Lipinski definition) is 5. The molecule has 0 amide bonds. The first-order valence-electron chi connectivity index (χ1n) is 7.78. The van der Waals surface area contributed by atoms with Gasteiger partial charge in [0.25, 0.3) is 0 Å². The fourth-order valence-electron chi connectivity index (χ4n) is 3.71. The molecular weight excluding hydrogens is 312 g/mol. The first kappa shape index (κ1) is 17.5. The average molecular weight is 336 g/mol. The Morgan fingerprint density at radius 1 is 1.04 bits per heavy atom. The van der Waals surface area contributed by atoms with Crippen LogP contribution in [0.5, 0.6) is 5.75 Å². The lowest BCUT2D eigenvalue weighted by Crippen LogP contribution is -2.57. The van der Waals surface area contributed by atoms with Gasteiger partial charge in [-0.3, -0.25) is 9.59 Å². The molecule has 0 spiro atoms. The number of ether oxygens (including phenoxy) is 3. The summed E-state index contributed by atoms with van der Waals surface area (Å²) < 4.78 is 15.2. The van der Waals surface area contributed by atoms with Crippen LogP contribution in [0.2, 0.25) is 18.1 Å². The summed E-state index contributed by atoms with van der Waals surface area (Å²) in [7, 11) is 2.15. The minimum absolute atomic E-state index is 0.301. The van der Waals surface area contributed by atoms with Crippen molar-refractivity contribution in [2.75, 3.05) is 21.3 Å². The standard InChI is InChI=1S/C17H24O5Si/c1-20-12-7-9-13(10-8-12)23(4)11-5-6-14(16(18)21-2)15(23)17(19)22-3/h7-10,14-15H,5-6,11H2,1-4H3/t14-,15+,23+/m1/s1. The molecule has 1 aromatic carbocycles. The molecule has 0 radical (unpaired) electrons. The van der Waals surface area contributed by atoms with Crippen molar-refractivity contribution in [2.24, 2.45) is 5.92 Å². The van der Waals surface area contributed by atoms with Gasteiger partial charge in [0, 0.05) is 0 Å². The van der Waals surface area contributed by atoms with Crippen LogP contribution in [-0.4, -0.2) is 41.3 Å². The second-order valence-electron chi connectivity index (χ2n) is 6.17. The molecule has 1 aromatic rings. The van der Waals surface area contributed by atoms with Crippen LogP contribution in [-0.2, 0) is 19.1 Å². The minimum Gasteiger partial charge on any atom is -0.497 e. The summed E-state index contributed by atoms with van der Waals surface area (Å²) in [4.78, 5) is 24.7. The molecule has 1 heterocycles. The second kappa shape index (κ2) is 7.17. The number of carbonyl (C=O) groups excluding carboxylic acids is 2. The SMILES string of the molecule is COC(=O)[C@@H]1[C@H](C(=O)OC)CCC[Si@@]1(C)c1ccc(OC)cc1. The van der Waals surface area contributed by atoms with E-state index in [2.05, 4.69) is 6.55 Å². The van der Waals surface area contributed by atoms with Crippen molar-refractivity contribution in [1.29, 1.82) is 0 Å². The van der Waals surface area contributed by atoms with Crippen LogP contribution in [0.4, 0.5) is 0 Å². The summed E-state index contributed by atoms with van der Waals surface area (Å²) in [5.41, 5.74) is -0.415. The van der Waals surface area contributed by atoms with Crippen LogP contribution in [0, 0.1) is 5.92 Å². The van der Waals surface area contributed by atoms with E-state index in [9.17, 15) is 9.59 Å². The van der Waals surface area contributed by atoms with E-state index in [1.165, 1.54) is 14.2 Å². The Kier molecular flexibility index (Phi) is 5.46. The topological polar surface area (TPSA) is 61.8 Å². The molecule has 2 rings (SSSR count). The predicted octanol–water partition coefficient (Wildman–Crippen LogP) is 2.11. The van der Waals surface area contributed by atoms with E-state index in [0.717, 1.165) is 23.4 Å². The molecule has 5 nitrogen and oxygen atoms in total. The van der Waals surface area contributed by atoms with Crippen molar-refractivity contribution >= 4 is 25.2 Å². The molecule has 1 fully saturated rings. The summed E-state index contributed by atoms with van der Waals surface area (Å²) in [6.45, 7) is 2.16. The van der Waals surface area contributed by atoms with E-state index in [-0.39, 0.29) is 11.9 Å². The van der Waals surface area contributed by atoms with Crippen LogP contribution >= 0.6 is 0 Å². The Morgan fingerprint density at radius 3 is 2.17 bits per heavy atom. The van der Waals surface area contributed by atoms with Crippen molar-refractivity contribution in [1.82, 2.24) is 0 Å². The lowest BCUT2D eigenvalue weighted by molar-refractivity contribution is -0.152. The molecule has 0 aromatic heterocycles. The maximum atomic E-state index is 12.5. The van der Waals surface area contributed by atoms with Gasteiger partial charge in [-0.25, -0.2) is 0 Å². The van der Waals surface area contributed by atoms with E-state index >= 15 is 0 Å². The third kappa shape index (κ3) is 3.27. The molecule has 6 heteroatoms. The quantitative estimate of drug-likeness (QED) is 0.622. The molecule has 0 bridgehead atoms. The maximum Gasteiger partial charge on any atom is 0.309 e. The number of esters is 2. The molecular formula is C17H24O5Si. The van der Waals surface area contributed by atoms with Gasteiger partial charge in [-0.05, 0) is 18.6 Å². The predicted molar refractivity (Wildman–Crippen MR) is 89.6 cm³/mol. The maximum absolute atomic E-state index is 12.5. The normalized spacial score (nSPS) is 27.1. The molecule has 23 heavy (non-hydrogen) atoms. The van der Waals surface area contributed by atoms with Gasteiger partial charge >= 0.3 is 11.9 Å². The molecule has 0 saturated carbocycles. The van der Waals surface area contributed by atoms with Crippen molar-refractivity contribution in [3.05, 3.63) is 24.3 Å². The first-order chi connectivity index (χ1) is 11.0. The molecule has 1 aliphatic rings. The largest absolute Gasteiger partial charge is 0.497 e. The summed E-state index contributed by atoms with van der Waals surface area (Å²) in [5.74, 6) is -0.251. The van der Waals surface area contributed by atoms with Gasteiger partial charge in [-0.15, -0.1) is 0 Å². The number of benzene rings is 1. The van der Waals surface area contributed by atoms with Crippen LogP contribution < -0.4 is 9.92 Å². The number of hydrogen-bond donors (Lipinski definition) is 0. The Morgan fingerprint density at radius 2 is 1.65 bits per heavy atom. The molecule has 1 aliphatic heterocycles. The van der Waals surface area contributed by atoms with Gasteiger partial charge in [-0.1, -0.05) is 36.3 Å². The van der Waals surface area contributed by atoms with Gasteiger partial charge in [0.05, 0.1) is 32.8 Å². The van der Waals surface area contributed by atoms with Gasteiger partial charge in [0.1, 0.15) is 13.8 Å². The van der Waals surface area contributed by atoms with Crippen LogP contribution in [0.25, 0.3) is 0 Å². The lowest BCUT2D eigenvalue weighted by atomic mass is 9.98. The highest BCUT2D eigenvalue weighted by atomic mass is 28.3. The van der Waals surface area contributed by atoms with Crippen LogP contribution in [0.15, 0.2) is 24.3 Å². The van der Waals surface area contributed by atoms with E-state index in [1.54, 1.807) is 7.11 Å². The number of rotatable bonds is 4. The van der Waals surface area contributed by atoms with Crippen molar-refractivity contribution in [3.63, 3.8) is 0 Å². The van der Waals surface area contributed by atoms with Gasteiger partial charge in [-0.2, -0.15) is 0 Å². The smallest absolute Gasteiger partial charge is 0.309 e. The minimum atomic E-state index is -2.23. The fourth-order valence-corrected chi connectivity index (χ4v) is 8.36. The third-order valence-electron chi connectivity index (χ3n) is 5.01. The van der Waals surface area contributed by atoms with Crippen molar-refractivity contribution in [3.8, 4) is 5.75 Å². The summed E-state index contributed by atoms with van der Waals surface area (Å²) in [6.07, 6.45) is 1.59. The highest BCUT2D eigenvalue weighted by molar-refractivity contribution is 6.94. The van der Waals surface area contributed by atoms with Crippen LogP contribution in [0.3, 0.4) is 0 Å². The average Bonchev–Trinajstić information content (AvgIpc) is 2.60. The van der Waals surface area contributed by atoms with E-state index in [4.69, 9.17) is 14.2 Å². The Balaban J connectivity index is 2.45. The highest BCUT2D eigenvalue weighted by Crippen LogP contribution is 2.43. The van der Waals surface area contributed by atoms with E-state index in [1.807, 2.05) is 24.3 Å². The third-order valence-corrected chi connectivity index (χ3v) is 10.1. The molecule has 0 aliphatic carbocycles. The molecule has 3 atom stereocenters. The van der Waals surface area contributed by atoms with Gasteiger partial charge in [0.2, 0.25) is 0 Å². The summed E-state index contributed by atoms with van der Waals surface area (Å²) in [5, 5.41) is 1.14. The Labute approximate surface area is 137 Å². The van der Waals surface area contributed by atoms with E-state index < -0.39 is 19.5 Å². The zero-order chi connectivity index (χ0) is 17.0. The lowest BCUT2D eigenvalue weighted by Gasteiger charge is -2.42. The van der Waals surface area contributed by atoms with E-state index in [0.29, 0.717) is 6.42 Å². The number of carbonyl (C=O) groups is 2. The zero-order valence-corrected chi connectivity index (χ0v) is 15.1. The van der Waals surface area contributed by atoms with Gasteiger partial charge < -0.3 is 14.2 Å². The fraction of sp³-hybridized carbons (Fsp3) is 0.529. The first-order valence-corrected chi connectivity index (χ1v) is 10.6. The van der Waals surface area contributed by atoms with Crippen molar-refractivity contribution in [2.45, 2.75) is 31.0 Å². The highest BCUT2D eigenvalue weighted by Gasteiger charge is 2.52. The molecule has 1 saturated heterocycles. The van der Waals surface area contributed by atoms with Gasteiger partial charge in [0.15, 0.2) is 0 Å². The monoisotopic (exact) mass is 336 g/mol. The molecule has 0 N–H and O–H groups in total. The number of methoxy groups -OCH3 is 3. The van der Waals surface area contributed by atoms with Crippen molar-refractivity contribution < 1.29 is 23.8 Å².